The first kappa shape index (κ1) is 15.7. The maximum absolute atomic E-state index is 11.1. The van der Waals surface area contributed by atoms with Crippen LogP contribution in [0.3, 0.4) is 0 Å². The number of hydrogen-bond donors (Lipinski definition) is 1. The van der Waals surface area contributed by atoms with Crippen molar-refractivity contribution in [3.8, 4) is 12.3 Å². The van der Waals surface area contributed by atoms with Crippen molar-refractivity contribution in [3.63, 3.8) is 0 Å². The van der Waals surface area contributed by atoms with Gasteiger partial charge in [0.2, 0.25) is 0 Å². The average Bonchev–Trinajstić information content (AvgIpc) is 3.14. The van der Waals surface area contributed by atoms with Gasteiger partial charge in [-0.05, 0) is 74.2 Å². The van der Waals surface area contributed by atoms with E-state index < -0.39 is 5.60 Å². The van der Waals surface area contributed by atoms with Crippen LogP contribution < -0.4 is 0 Å². The van der Waals surface area contributed by atoms with E-state index in [-0.39, 0.29) is 10.8 Å². The second kappa shape index (κ2) is 4.80. The predicted octanol–water partition coefficient (Wildman–Crippen LogP) is 4.22. The average molecular weight is 340 g/mol. The molecule has 0 bridgehead atoms. The van der Waals surface area contributed by atoms with Crippen LogP contribution in [0.25, 0.3) is 6.08 Å². The number of aliphatic hydroxyl groups is 1. The fourth-order valence-electron chi connectivity index (χ4n) is 7.14. The van der Waals surface area contributed by atoms with Gasteiger partial charge < -0.3 is 9.63 Å². The first-order chi connectivity index (χ1) is 11.9. The fraction of sp³-hybridized carbons (Fsp3) is 0.682. The van der Waals surface area contributed by atoms with Crippen LogP contribution in [0.5, 0.6) is 0 Å². The summed E-state index contributed by atoms with van der Waals surface area (Å²) >= 11 is 0. The Labute approximate surface area is 149 Å². The standard InChI is InChI=1S/C22H27NO2/c1-4-22(24)10-8-18-16-6-5-15-11-19-14(13-23-25-19)12-20(15,2)17(16)7-9-21(18,22)3/h1,11,13,16-18,24H,5-10,12H2,2-3H3/t16-,17+,18+,20+,21+,22?/m1/s1/i1+1,4+1,13+1. The fourth-order valence-corrected chi connectivity index (χ4v) is 7.14. The lowest BCUT2D eigenvalue weighted by Crippen LogP contribution is -2.54. The Morgan fingerprint density at radius 3 is 2.84 bits per heavy atom. The topological polar surface area (TPSA) is 46.3 Å². The Morgan fingerprint density at radius 1 is 1.24 bits per heavy atom. The zero-order valence-electron chi connectivity index (χ0n) is 15.2. The van der Waals surface area contributed by atoms with E-state index in [1.54, 1.807) is 5.57 Å². The molecule has 6 atom stereocenters. The van der Waals surface area contributed by atoms with E-state index in [4.69, 9.17) is 10.9 Å². The van der Waals surface area contributed by atoms with Gasteiger partial charge in [-0.2, -0.15) is 0 Å². The van der Waals surface area contributed by atoms with Crippen LogP contribution in [-0.2, 0) is 6.42 Å². The number of terminal acetylenes is 1. The van der Waals surface area contributed by atoms with E-state index in [0.29, 0.717) is 17.8 Å². The molecule has 0 saturated heterocycles. The molecule has 1 aromatic heterocycles. The van der Waals surface area contributed by atoms with Crippen molar-refractivity contribution >= 4 is 6.08 Å². The summed E-state index contributed by atoms with van der Waals surface area (Å²) < 4.78 is 5.43. The van der Waals surface area contributed by atoms with Crippen molar-refractivity contribution in [1.29, 1.82) is 0 Å². The summed E-state index contributed by atoms with van der Waals surface area (Å²) in [7, 11) is 0. The van der Waals surface area contributed by atoms with E-state index in [1.807, 2.05) is 6.20 Å². The van der Waals surface area contributed by atoms with Crippen LogP contribution in [0.15, 0.2) is 16.3 Å². The summed E-state index contributed by atoms with van der Waals surface area (Å²) in [5.74, 6) is 5.64. The molecule has 0 aromatic carbocycles. The molecule has 5 rings (SSSR count). The Kier molecular flexibility index (Phi) is 3.01. The molecule has 4 aliphatic rings. The Bertz CT molecular complexity index is 801. The van der Waals surface area contributed by atoms with E-state index in [2.05, 4.69) is 31.0 Å². The summed E-state index contributed by atoms with van der Waals surface area (Å²) in [5, 5.41) is 15.1. The molecule has 3 nitrogen and oxygen atoms in total. The maximum atomic E-state index is 11.1. The van der Waals surface area contributed by atoms with E-state index in [9.17, 15) is 5.11 Å². The first-order valence-corrected chi connectivity index (χ1v) is 9.76. The Morgan fingerprint density at radius 2 is 2.04 bits per heavy atom. The lowest BCUT2D eigenvalue weighted by Gasteiger charge is -2.58. The van der Waals surface area contributed by atoms with Gasteiger partial charge in [0, 0.05) is 11.0 Å². The number of rotatable bonds is 0. The number of allylic oxidation sites excluding steroid dienone is 1. The maximum Gasteiger partial charge on any atom is 0.162 e. The number of aromatic nitrogens is 1. The Hall–Kier alpha value is -1.53. The molecule has 4 aliphatic carbocycles. The Balaban J connectivity index is 1.53. The molecular formula is C22H27NO2. The summed E-state index contributed by atoms with van der Waals surface area (Å²) in [4.78, 5) is 0. The molecule has 1 N–H and O–H groups in total. The van der Waals surface area contributed by atoms with Gasteiger partial charge in [-0.1, -0.05) is 30.5 Å². The van der Waals surface area contributed by atoms with Crippen molar-refractivity contribution in [1.82, 2.24) is 5.16 Å². The van der Waals surface area contributed by atoms with Gasteiger partial charge in [0.25, 0.3) is 0 Å². The lowest BCUT2D eigenvalue weighted by molar-refractivity contribution is -0.0975. The van der Waals surface area contributed by atoms with Crippen LogP contribution in [0.4, 0.5) is 0 Å². The smallest absolute Gasteiger partial charge is 0.162 e. The van der Waals surface area contributed by atoms with Gasteiger partial charge in [0.1, 0.15) is 5.60 Å². The van der Waals surface area contributed by atoms with Crippen molar-refractivity contribution < 1.29 is 9.63 Å². The third kappa shape index (κ3) is 1.79. The molecule has 0 spiro atoms. The van der Waals surface area contributed by atoms with Crippen molar-refractivity contribution in [3.05, 3.63) is 23.1 Å². The molecule has 25 heavy (non-hydrogen) atoms. The van der Waals surface area contributed by atoms with Gasteiger partial charge in [0.15, 0.2) is 5.76 Å². The minimum atomic E-state index is -0.909. The molecule has 1 unspecified atom stereocenters. The first-order valence-electron chi connectivity index (χ1n) is 9.76. The van der Waals surface area contributed by atoms with Gasteiger partial charge in [-0.15, -0.1) is 6.42 Å². The molecule has 1 aromatic rings. The van der Waals surface area contributed by atoms with Crippen LogP contribution in [0.1, 0.15) is 63.7 Å². The van der Waals surface area contributed by atoms with Crippen molar-refractivity contribution in [2.24, 2.45) is 28.6 Å². The van der Waals surface area contributed by atoms with Crippen LogP contribution in [0.2, 0.25) is 0 Å². The lowest BCUT2D eigenvalue weighted by atomic mass is 9.47. The zero-order chi connectivity index (χ0) is 17.4. The van der Waals surface area contributed by atoms with Crippen molar-refractivity contribution in [2.45, 2.75) is 64.4 Å². The largest absolute Gasteiger partial charge is 0.377 e. The highest BCUT2D eigenvalue weighted by atomic mass is 16.5. The molecule has 1 heterocycles. The van der Waals surface area contributed by atoms with Crippen LogP contribution >= 0.6 is 0 Å². The van der Waals surface area contributed by atoms with Gasteiger partial charge in [-0.25, -0.2) is 0 Å². The van der Waals surface area contributed by atoms with E-state index in [0.717, 1.165) is 44.3 Å². The van der Waals surface area contributed by atoms with E-state index >= 15 is 0 Å². The molecular weight excluding hydrogens is 313 g/mol. The van der Waals surface area contributed by atoms with Gasteiger partial charge in [0.05, 0.1) is 6.20 Å². The van der Waals surface area contributed by atoms with Crippen LogP contribution in [-0.4, -0.2) is 15.9 Å². The highest BCUT2D eigenvalue weighted by Gasteiger charge is 2.63. The molecule has 0 amide bonds. The van der Waals surface area contributed by atoms with Gasteiger partial charge in [-0.3, -0.25) is 0 Å². The number of hydrogen-bond acceptors (Lipinski definition) is 3. The third-order valence-corrected chi connectivity index (χ3v) is 8.67. The van der Waals surface area contributed by atoms with Gasteiger partial charge >= 0.3 is 0 Å². The molecule has 3 saturated carbocycles. The molecule has 3 heteroatoms. The van der Waals surface area contributed by atoms with E-state index in [1.165, 1.54) is 12.0 Å². The highest BCUT2D eigenvalue weighted by Crippen LogP contribution is 2.67. The number of fused-ring (bicyclic) bond motifs is 6. The quantitative estimate of drug-likeness (QED) is 0.568. The zero-order valence-corrected chi connectivity index (χ0v) is 15.2. The molecule has 132 valence electrons. The van der Waals surface area contributed by atoms with Crippen molar-refractivity contribution in [2.75, 3.05) is 0 Å². The molecule has 0 aliphatic heterocycles. The summed E-state index contributed by atoms with van der Waals surface area (Å²) in [5.41, 5.74) is 1.99. The van der Waals surface area contributed by atoms with Crippen LogP contribution in [0, 0.1) is 40.9 Å². The summed E-state index contributed by atoms with van der Waals surface area (Å²) in [6.07, 6.45) is 17.4. The highest BCUT2D eigenvalue weighted by molar-refractivity contribution is 5.57. The minimum absolute atomic E-state index is 0.114. The summed E-state index contributed by atoms with van der Waals surface area (Å²) in [6.45, 7) is 4.71. The predicted molar refractivity (Wildman–Crippen MR) is 96.4 cm³/mol. The second-order valence-corrected chi connectivity index (χ2v) is 9.39. The molecule has 0 radical (unpaired) electrons. The normalized spacial score (nSPS) is 47.8. The SMILES string of the molecule is C[C@]12Cc3[13cH]noc3C=C1CC[C@@H]1[C@@H]2CC[C@@]2(C)[C@H]1CCC2(O)[13C]#[13CH]. The summed E-state index contributed by atoms with van der Waals surface area (Å²) in [6, 6.07) is 0. The second-order valence-electron chi connectivity index (χ2n) is 9.39. The monoisotopic (exact) mass is 340 g/mol. The minimum Gasteiger partial charge on any atom is -0.377 e. The molecule has 3 fully saturated rings. The third-order valence-electron chi connectivity index (χ3n) is 8.67. The number of nitrogens with zero attached hydrogens (tertiary/aromatic N) is 1.